The van der Waals surface area contributed by atoms with Gasteiger partial charge in [-0.15, -0.1) is 0 Å². The molecule has 0 amide bonds. The third-order valence-electron chi connectivity index (χ3n) is 3.55. The second kappa shape index (κ2) is 5.97. The Balaban J connectivity index is 2.18. The van der Waals surface area contributed by atoms with Crippen molar-refractivity contribution in [1.82, 2.24) is 4.98 Å². The quantitative estimate of drug-likeness (QED) is 0.787. The maximum absolute atomic E-state index is 10.4. The Hall–Kier alpha value is -1.15. The van der Waals surface area contributed by atoms with Crippen molar-refractivity contribution in [2.45, 2.75) is 51.6 Å². The lowest BCUT2D eigenvalue weighted by molar-refractivity contribution is 0.208. The molecule has 0 bridgehead atoms. The zero-order valence-corrected chi connectivity index (χ0v) is 10.5. The van der Waals surface area contributed by atoms with Gasteiger partial charge in [-0.3, -0.25) is 4.98 Å². The molecule has 0 spiro atoms. The summed E-state index contributed by atoms with van der Waals surface area (Å²) in [7, 11) is 0. The molecule has 2 heteroatoms. The molecule has 0 aliphatic heterocycles. The van der Waals surface area contributed by atoms with Gasteiger partial charge in [0.25, 0.3) is 0 Å². The fourth-order valence-corrected chi connectivity index (χ4v) is 2.43. The van der Waals surface area contributed by atoms with E-state index >= 15 is 0 Å². The van der Waals surface area contributed by atoms with Crippen molar-refractivity contribution in [2.75, 3.05) is 0 Å². The molecule has 1 N–H and O–H groups in total. The first-order valence-corrected chi connectivity index (χ1v) is 6.56. The van der Waals surface area contributed by atoms with Gasteiger partial charge < -0.3 is 5.11 Å². The van der Waals surface area contributed by atoms with E-state index in [2.05, 4.69) is 11.1 Å². The topological polar surface area (TPSA) is 33.1 Å². The van der Waals surface area contributed by atoms with Crippen LogP contribution < -0.4 is 0 Å². The van der Waals surface area contributed by atoms with E-state index in [0.29, 0.717) is 0 Å². The molecule has 1 aromatic rings. The molecular weight excluding hydrogens is 210 g/mol. The lowest BCUT2D eigenvalue weighted by atomic mass is 9.92. The number of aromatic nitrogens is 1. The van der Waals surface area contributed by atoms with E-state index in [1.54, 1.807) is 12.4 Å². The number of hydrogen-bond donors (Lipinski definition) is 1. The van der Waals surface area contributed by atoms with E-state index in [1.807, 2.05) is 13.0 Å². The molecule has 0 radical (unpaired) electrons. The highest BCUT2D eigenvalue weighted by molar-refractivity contribution is 5.30. The number of pyridine rings is 1. The minimum atomic E-state index is -0.457. The van der Waals surface area contributed by atoms with Crippen LogP contribution in [0.1, 0.15) is 55.8 Å². The molecule has 2 rings (SSSR count). The molecule has 1 heterocycles. The summed E-state index contributed by atoms with van der Waals surface area (Å²) >= 11 is 0. The Labute approximate surface area is 103 Å². The molecule has 1 unspecified atom stereocenters. The van der Waals surface area contributed by atoms with Crippen LogP contribution in [0.2, 0.25) is 0 Å². The first kappa shape index (κ1) is 12.3. The number of aryl methyl sites for hydroxylation is 1. The summed E-state index contributed by atoms with van der Waals surface area (Å²) in [6.45, 7) is 2.03. The predicted molar refractivity (Wildman–Crippen MR) is 69.7 cm³/mol. The van der Waals surface area contributed by atoms with Gasteiger partial charge in [0.05, 0.1) is 0 Å². The van der Waals surface area contributed by atoms with Gasteiger partial charge in [-0.25, -0.2) is 0 Å². The smallest absolute Gasteiger partial charge is 0.102 e. The Bertz CT molecular complexity index is 398. The Kier molecular flexibility index (Phi) is 4.32. The van der Waals surface area contributed by atoms with Crippen LogP contribution in [0.15, 0.2) is 30.1 Å². The van der Waals surface area contributed by atoms with Gasteiger partial charge in [0.1, 0.15) is 6.10 Å². The van der Waals surface area contributed by atoms with Crippen LogP contribution in [-0.2, 0) is 0 Å². The van der Waals surface area contributed by atoms with Crippen LogP contribution in [0.25, 0.3) is 0 Å². The minimum Gasteiger partial charge on any atom is -0.384 e. The second-order valence-corrected chi connectivity index (χ2v) is 4.87. The Morgan fingerprint density at radius 3 is 2.88 bits per heavy atom. The van der Waals surface area contributed by atoms with Gasteiger partial charge in [0.2, 0.25) is 0 Å². The number of aliphatic hydroxyl groups excluding tert-OH is 1. The van der Waals surface area contributed by atoms with E-state index in [4.69, 9.17) is 0 Å². The lowest BCUT2D eigenvalue weighted by Crippen LogP contribution is -2.05. The maximum Gasteiger partial charge on any atom is 0.102 e. The number of rotatable bonds is 2. The molecule has 1 atom stereocenters. The van der Waals surface area contributed by atoms with Crippen molar-refractivity contribution in [3.05, 3.63) is 41.2 Å². The van der Waals surface area contributed by atoms with Crippen molar-refractivity contribution in [1.29, 1.82) is 0 Å². The standard InChI is InChI=1S/C15H21NO/c1-12-9-10-16-11-14(12)15(17)13-7-5-3-2-4-6-8-13/h7,9-11,15,17H,2-6,8H2,1H3/b13-7+. The van der Waals surface area contributed by atoms with Gasteiger partial charge in [-0.1, -0.05) is 18.9 Å². The third kappa shape index (κ3) is 3.16. The van der Waals surface area contributed by atoms with Gasteiger partial charge >= 0.3 is 0 Å². The first-order valence-electron chi connectivity index (χ1n) is 6.56. The molecule has 1 aliphatic rings. The first-order chi connectivity index (χ1) is 8.29. The van der Waals surface area contributed by atoms with Gasteiger partial charge in [0.15, 0.2) is 0 Å². The van der Waals surface area contributed by atoms with E-state index < -0.39 is 6.10 Å². The Morgan fingerprint density at radius 2 is 2.06 bits per heavy atom. The average molecular weight is 231 g/mol. The monoisotopic (exact) mass is 231 g/mol. The van der Waals surface area contributed by atoms with Crippen LogP contribution >= 0.6 is 0 Å². The summed E-state index contributed by atoms with van der Waals surface area (Å²) in [5, 5.41) is 10.4. The van der Waals surface area contributed by atoms with E-state index in [9.17, 15) is 5.11 Å². The predicted octanol–water partition coefficient (Wildman–Crippen LogP) is 3.70. The molecule has 92 valence electrons. The van der Waals surface area contributed by atoms with Crippen LogP contribution in [-0.4, -0.2) is 10.1 Å². The highest BCUT2D eigenvalue weighted by Crippen LogP contribution is 2.29. The lowest BCUT2D eigenvalue weighted by Gasteiger charge is -2.19. The summed E-state index contributed by atoms with van der Waals surface area (Å²) in [5.74, 6) is 0. The van der Waals surface area contributed by atoms with Crippen LogP contribution in [0.3, 0.4) is 0 Å². The van der Waals surface area contributed by atoms with E-state index in [0.717, 1.165) is 24.0 Å². The average Bonchev–Trinajstić information content (AvgIpc) is 2.28. The fourth-order valence-electron chi connectivity index (χ4n) is 2.43. The van der Waals surface area contributed by atoms with Crippen molar-refractivity contribution in [3.63, 3.8) is 0 Å². The van der Waals surface area contributed by atoms with Gasteiger partial charge in [0, 0.05) is 18.0 Å². The third-order valence-corrected chi connectivity index (χ3v) is 3.55. The van der Waals surface area contributed by atoms with Crippen LogP contribution in [0.4, 0.5) is 0 Å². The maximum atomic E-state index is 10.4. The summed E-state index contributed by atoms with van der Waals surface area (Å²) in [4.78, 5) is 4.12. The molecule has 0 saturated heterocycles. The molecule has 1 aliphatic carbocycles. The molecule has 1 aromatic heterocycles. The zero-order chi connectivity index (χ0) is 12.1. The Morgan fingerprint density at radius 1 is 1.24 bits per heavy atom. The van der Waals surface area contributed by atoms with Crippen molar-refractivity contribution in [2.24, 2.45) is 0 Å². The highest BCUT2D eigenvalue weighted by Gasteiger charge is 2.16. The number of aliphatic hydroxyl groups is 1. The second-order valence-electron chi connectivity index (χ2n) is 4.87. The molecular formula is C15H21NO. The SMILES string of the molecule is Cc1ccncc1C(O)/C1=C/CCCCCC1. The summed E-state index contributed by atoms with van der Waals surface area (Å²) in [6.07, 6.45) is 12.5. The number of nitrogens with zero attached hydrogens (tertiary/aromatic N) is 1. The minimum absolute atomic E-state index is 0.457. The van der Waals surface area contributed by atoms with Crippen LogP contribution in [0.5, 0.6) is 0 Å². The normalized spacial score (nSPS) is 22.1. The molecule has 17 heavy (non-hydrogen) atoms. The van der Waals surface area contributed by atoms with Crippen molar-refractivity contribution >= 4 is 0 Å². The zero-order valence-electron chi connectivity index (χ0n) is 10.5. The summed E-state index contributed by atoms with van der Waals surface area (Å²) in [5.41, 5.74) is 3.26. The fraction of sp³-hybridized carbons (Fsp3) is 0.533. The van der Waals surface area contributed by atoms with Crippen molar-refractivity contribution < 1.29 is 5.11 Å². The molecule has 0 fully saturated rings. The number of hydrogen-bond acceptors (Lipinski definition) is 2. The van der Waals surface area contributed by atoms with Crippen molar-refractivity contribution in [3.8, 4) is 0 Å². The molecule has 0 saturated carbocycles. The molecule has 2 nitrogen and oxygen atoms in total. The van der Waals surface area contributed by atoms with Crippen LogP contribution in [0, 0.1) is 6.92 Å². The van der Waals surface area contributed by atoms with E-state index in [-0.39, 0.29) is 0 Å². The highest BCUT2D eigenvalue weighted by atomic mass is 16.3. The summed E-state index contributed by atoms with van der Waals surface area (Å²) in [6, 6.07) is 1.96. The molecule has 0 aromatic carbocycles. The van der Waals surface area contributed by atoms with E-state index in [1.165, 1.54) is 31.3 Å². The van der Waals surface area contributed by atoms with Gasteiger partial charge in [-0.2, -0.15) is 0 Å². The number of allylic oxidation sites excluding steroid dienone is 1. The van der Waals surface area contributed by atoms with Gasteiger partial charge in [-0.05, 0) is 49.8 Å². The largest absolute Gasteiger partial charge is 0.384 e. The summed E-state index contributed by atoms with van der Waals surface area (Å²) < 4.78 is 0.